The molecule has 0 spiro atoms. The first-order valence-corrected chi connectivity index (χ1v) is 19.9. The first-order chi connectivity index (χ1) is 26.2. The van der Waals surface area contributed by atoms with Crippen molar-refractivity contribution < 1.29 is 19.1 Å². The van der Waals surface area contributed by atoms with Crippen LogP contribution in [-0.2, 0) is 0 Å². The summed E-state index contributed by atoms with van der Waals surface area (Å²) in [7, 11) is 3.16. The Hall–Kier alpha value is -4.60. The monoisotopic (exact) mass is 734 g/mol. The maximum absolute atomic E-state index is 12.7. The summed E-state index contributed by atoms with van der Waals surface area (Å²) in [5, 5.41) is 0. The van der Waals surface area contributed by atoms with E-state index in [1.165, 1.54) is 0 Å². The molecule has 6 rings (SSSR count). The lowest BCUT2D eigenvalue weighted by atomic mass is 9.73. The number of ether oxygens (including phenoxy) is 2. The van der Waals surface area contributed by atoms with Crippen molar-refractivity contribution in [2.24, 2.45) is 23.7 Å². The van der Waals surface area contributed by atoms with E-state index in [1.54, 1.807) is 38.7 Å². The number of methoxy groups -OCH3 is 2. The minimum Gasteiger partial charge on any atom is -0.481 e. The fourth-order valence-corrected chi connectivity index (χ4v) is 8.36. The van der Waals surface area contributed by atoms with Gasteiger partial charge < -0.3 is 9.47 Å². The zero-order valence-corrected chi connectivity index (χ0v) is 33.0. The summed E-state index contributed by atoms with van der Waals surface area (Å²) in [6.45, 7) is 8.42. The zero-order chi connectivity index (χ0) is 38.5. The Morgan fingerprint density at radius 2 is 0.981 bits per heavy atom. The van der Waals surface area contributed by atoms with E-state index in [-0.39, 0.29) is 11.6 Å². The topological polar surface area (TPSA) is 130 Å². The zero-order valence-electron chi connectivity index (χ0n) is 33.0. The lowest BCUT2D eigenvalue weighted by Crippen LogP contribution is -2.24. The molecule has 2 aliphatic carbocycles. The summed E-state index contributed by atoms with van der Waals surface area (Å²) in [6.07, 6.45) is 19.3. The average molecular weight is 735 g/mol. The molecule has 2 fully saturated rings. The van der Waals surface area contributed by atoms with E-state index in [0.717, 1.165) is 87.2 Å². The predicted molar refractivity (Wildman–Crippen MR) is 210 cm³/mol. The van der Waals surface area contributed by atoms with Crippen LogP contribution >= 0.6 is 0 Å². The van der Waals surface area contributed by atoms with Crippen molar-refractivity contribution in [2.75, 3.05) is 14.2 Å². The van der Waals surface area contributed by atoms with E-state index in [4.69, 9.17) is 9.47 Å². The maximum Gasteiger partial charge on any atom is 0.212 e. The SMILES string of the molecule is CCC(CC(=O)c1ccc(OC)nc1)C1CCC(c2nccc(C)n2)CC1.CCC(CC(=O)c1ccc(OC)nc1)C1CCC(c2nccc(C)n2)CC1. The van der Waals surface area contributed by atoms with Gasteiger partial charge in [0.05, 0.1) is 14.2 Å². The molecule has 10 heteroatoms. The lowest BCUT2D eigenvalue weighted by Gasteiger charge is -2.32. The number of pyridine rings is 2. The number of hydrogen-bond acceptors (Lipinski definition) is 10. The number of carbonyl (C=O) groups excluding carboxylic acids is 2. The number of ketones is 2. The molecular weight excluding hydrogens is 677 g/mol. The van der Waals surface area contributed by atoms with Gasteiger partial charge in [0.2, 0.25) is 11.8 Å². The largest absolute Gasteiger partial charge is 0.481 e. The molecule has 4 aromatic rings. The Balaban J connectivity index is 0.000000208. The Labute approximate surface area is 321 Å². The van der Waals surface area contributed by atoms with Gasteiger partial charge in [0.25, 0.3) is 0 Å². The number of aryl methyl sites for hydroxylation is 2. The van der Waals surface area contributed by atoms with Crippen LogP contribution in [0.2, 0.25) is 0 Å². The van der Waals surface area contributed by atoms with E-state index in [1.807, 2.05) is 50.5 Å². The molecule has 10 nitrogen and oxygen atoms in total. The van der Waals surface area contributed by atoms with E-state index in [0.29, 0.717) is 71.2 Å². The van der Waals surface area contributed by atoms with Crippen molar-refractivity contribution in [3.63, 3.8) is 0 Å². The van der Waals surface area contributed by atoms with E-state index >= 15 is 0 Å². The normalized spacial score (nSPS) is 20.9. The summed E-state index contributed by atoms with van der Waals surface area (Å²) < 4.78 is 10.1. The molecule has 4 heterocycles. The van der Waals surface area contributed by atoms with Crippen molar-refractivity contribution in [1.82, 2.24) is 29.9 Å². The molecular formula is C44H58N6O4. The van der Waals surface area contributed by atoms with Gasteiger partial charge in [-0.15, -0.1) is 0 Å². The molecule has 2 saturated carbocycles. The molecule has 0 N–H and O–H groups in total. The highest BCUT2D eigenvalue weighted by molar-refractivity contribution is 5.96. The fourth-order valence-electron chi connectivity index (χ4n) is 8.36. The number of rotatable bonds is 14. The van der Waals surface area contributed by atoms with E-state index < -0.39 is 0 Å². The van der Waals surface area contributed by atoms with Crippen LogP contribution < -0.4 is 9.47 Å². The fraction of sp³-hybridized carbons (Fsp3) is 0.545. The number of hydrogen-bond donors (Lipinski definition) is 0. The molecule has 54 heavy (non-hydrogen) atoms. The highest BCUT2D eigenvalue weighted by Gasteiger charge is 2.31. The van der Waals surface area contributed by atoms with Crippen LogP contribution in [0.3, 0.4) is 0 Å². The standard InChI is InChI=1S/2C22H29N3O2/c2*1-4-16(13-20(26)19-9-10-21(27-3)24-14-19)17-5-7-18(8-6-17)22-23-12-11-15(2)25-22/h2*9-12,14,16-18H,4-8,13H2,1-3H3. The van der Waals surface area contributed by atoms with Gasteiger partial charge in [-0.25, -0.2) is 29.9 Å². The maximum atomic E-state index is 12.7. The average Bonchev–Trinajstić information content (AvgIpc) is 3.22. The molecule has 4 aromatic heterocycles. The Morgan fingerprint density at radius 3 is 1.28 bits per heavy atom. The van der Waals surface area contributed by atoms with Gasteiger partial charge in [0.1, 0.15) is 11.6 Å². The van der Waals surface area contributed by atoms with Crippen molar-refractivity contribution >= 4 is 11.6 Å². The summed E-state index contributed by atoms with van der Waals surface area (Å²) in [5.74, 6) is 6.40. The quantitative estimate of drug-likeness (QED) is 0.116. The minimum atomic E-state index is 0.182. The van der Waals surface area contributed by atoms with Crippen molar-refractivity contribution in [3.8, 4) is 11.8 Å². The third kappa shape index (κ3) is 11.2. The molecule has 0 aliphatic heterocycles. The highest BCUT2D eigenvalue weighted by atomic mass is 16.5. The predicted octanol–water partition coefficient (Wildman–Crippen LogP) is 9.52. The van der Waals surface area contributed by atoms with Crippen LogP contribution in [-0.4, -0.2) is 55.7 Å². The van der Waals surface area contributed by atoms with Crippen LogP contribution in [0, 0.1) is 37.5 Å². The van der Waals surface area contributed by atoms with Crippen LogP contribution in [0.4, 0.5) is 0 Å². The second kappa shape index (κ2) is 20.2. The van der Waals surface area contributed by atoms with Crippen molar-refractivity contribution in [3.05, 3.63) is 95.3 Å². The lowest BCUT2D eigenvalue weighted by molar-refractivity contribution is 0.0917. The molecule has 2 unspecified atom stereocenters. The Kier molecular flexibility index (Phi) is 15.2. The summed E-state index contributed by atoms with van der Waals surface area (Å²) >= 11 is 0. The summed E-state index contributed by atoms with van der Waals surface area (Å²) in [4.78, 5) is 51.8. The van der Waals surface area contributed by atoms with Crippen LogP contribution in [0.1, 0.15) is 146 Å². The first-order valence-electron chi connectivity index (χ1n) is 19.9. The van der Waals surface area contributed by atoms with Gasteiger partial charge in [0.15, 0.2) is 11.6 Å². The van der Waals surface area contributed by atoms with E-state index in [9.17, 15) is 9.59 Å². The summed E-state index contributed by atoms with van der Waals surface area (Å²) in [6, 6.07) is 11.0. The second-order valence-electron chi connectivity index (χ2n) is 15.1. The second-order valence-corrected chi connectivity index (χ2v) is 15.1. The molecule has 2 aliphatic rings. The molecule has 0 amide bonds. The van der Waals surface area contributed by atoms with Crippen LogP contribution in [0.5, 0.6) is 11.8 Å². The van der Waals surface area contributed by atoms with Crippen molar-refractivity contribution in [2.45, 2.75) is 117 Å². The highest BCUT2D eigenvalue weighted by Crippen LogP contribution is 2.41. The smallest absolute Gasteiger partial charge is 0.212 e. The third-order valence-electron chi connectivity index (χ3n) is 11.7. The molecule has 0 radical (unpaired) electrons. The van der Waals surface area contributed by atoms with Crippen LogP contribution in [0.15, 0.2) is 61.2 Å². The summed E-state index contributed by atoms with van der Waals surface area (Å²) in [5.41, 5.74) is 3.42. The van der Waals surface area contributed by atoms with Crippen LogP contribution in [0.25, 0.3) is 0 Å². The van der Waals surface area contributed by atoms with Gasteiger partial charge in [-0.05, 0) is 113 Å². The first kappa shape index (κ1) is 40.6. The van der Waals surface area contributed by atoms with E-state index in [2.05, 4.69) is 43.8 Å². The van der Waals surface area contributed by atoms with Gasteiger partial charge in [-0.2, -0.15) is 0 Å². The molecule has 0 aromatic carbocycles. The van der Waals surface area contributed by atoms with Gasteiger partial charge >= 0.3 is 0 Å². The number of Topliss-reactive ketones (excluding diaryl/α,β-unsaturated/α-hetero) is 2. The Morgan fingerprint density at radius 1 is 0.593 bits per heavy atom. The minimum absolute atomic E-state index is 0.182. The van der Waals surface area contributed by atoms with Crippen molar-refractivity contribution in [1.29, 1.82) is 0 Å². The Bertz CT molecular complexity index is 1640. The molecule has 2 atom stereocenters. The molecule has 288 valence electrons. The number of aromatic nitrogens is 6. The number of nitrogens with zero attached hydrogens (tertiary/aromatic N) is 6. The third-order valence-corrected chi connectivity index (χ3v) is 11.7. The van der Waals surface area contributed by atoms with Gasteiger partial charge in [-0.3, -0.25) is 9.59 Å². The molecule has 0 saturated heterocycles. The number of carbonyl (C=O) groups is 2. The molecule has 0 bridgehead atoms. The van der Waals surface area contributed by atoms with Gasteiger partial charge in [0, 0.05) is 84.1 Å². The van der Waals surface area contributed by atoms with Gasteiger partial charge in [-0.1, -0.05) is 26.7 Å².